The summed E-state index contributed by atoms with van der Waals surface area (Å²) in [7, 11) is 0. The van der Waals surface area contributed by atoms with E-state index in [-0.39, 0.29) is 0 Å². The first-order valence-electron chi connectivity index (χ1n) is 14.8. The van der Waals surface area contributed by atoms with Crippen LogP contribution in [0.1, 0.15) is 38.5 Å². The van der Waals surface area contributed by atoms with Crippen molar-refractivity contribution in [3.63, 3.8) is 0 Å². The van der Waals surface area contributed by atoms with Crippen molar-refractivity contribution in [3.05, 3.63) is 121 Å². The van der Waals surface area contributed by atoms with Gasteiger partial charge in [-0.2, -0.15) is 0 Å². The Morgan fingerprint density at radius 2 is 1.00 bits per heavy atom. The maximum atomic E-state index is 8.91. The second-order valence-corrected chi connectivity index (χ2v) is 10.7. The predicted molar refractivity (Wildman–Crippen MR) is 172 cm³/mol. The molecule has 0 aliphatic carbocycles. The normalized spacial score (nSPS) is 11.3. The number of benzene rings is 5. The van der Waals surface area contributed by atoms with Crippen molar-refractivity contribution in [3.8, 4) is 33.7 Å². The summed E-state index contributed by atoms with van der Waals surface area (Å²) in [5.41, 5.74) is 8.37. The van der Waals surface area contributed by atoms with Gasteiger partial charge in [0.1, 0.15) is 5.75 Å². The van der Waals surface area contributed by atoms with Crippen LogP contribution in [0.25, 0.3) is 49.7 Å². The fourth-order valence-electron chi connectivity index (χ4n) is 5.72. The minimum Gasteiger partial charge on any atom is -0.494 e. The molecule has 1 N–H and O–H groups in total. The van der Waals surface area contributed by atoms with Crippen molar-refractivity contribution in [1.82, 2.24) is 4.57 Å². The van der Waals surface area contributed by atoms with Crippen LogP contribution in [0.4, 0.5) is 0 Å². The smallest absolute Gasteiger partial charge is 0.119 e. The highest BCUT2D eigenvalue weighted by Gasteiger charge is 2.15. The number of aliphatic hydroxyl groups excluding tert-OH is 1. The molecule has 0 radical (unpaired) electrons. The lowest BCUT2D eigenvalue weighted by Gasteiger charge is -2.12. The first kappa shape index (κ1) is 26.9. The third-order valence-corrected chi connectivity index (χ3v) is 7.90. The zero-order chi connectivity index (χ0) is 27.9. The van der Waals surface area contributed by atoms with Crippen LogP contribution in [-0.2, 0) is 0 Å². The van der Waals surface area contributed by atoms with Gasteiger partial charge in [0.15, 0.2) is 0 Å². The Kier molecular flexibility index (Phi) is 8.44. The van der Waals surface area contributed by atoms with Gasteiger partial charge in [0.2, 0.25) is 0 Å². The van der Waals surface area contributed by atoms with Crippen molar-refractivity contribution in [1.29, 1.82) is 0 Å². The summed E-state index contributed by atoms with van der Waals surface area (Å²) in [6.07, 6.45) is 6.63. The number of rotatable bonds is 12. The van der Waals surface area contributed by atoms with E-state index in [4.69, 9.17) is 9.84 Å². The van der Waals surface area contributed by atoms with Crippen LogP contribution >= 0.6 is 0 Å². The van der Waals surface area contributed by atoms with Crippen LogP contribution in [0.3, 0.4) is 0 Å². The number of hydrogen-bond donors (Lipinski definition) is 1. The number of ether oxygens (including phenoxy) is 1. The van der Waals surface area contributed by atoms with E-state index in [1.54, 1.807) is 0 Å². The molecule has 0 amide bonds. The van der Waals surface area contributed by atoms with Gasteiger partial charge >= 0.3 is 0 Å². The minimum atomic E-state index is 0.302. The molecule has 0 spiro atoms. The lowest BCUT2D eigenvalue weighted by Crippen LogP contribution is -1.98. The van der Waals surface area contributed by atoms with Gasteiger partial charge < -0.3 is 14.4 Å². The number of aromatic nitrogens is 1. The first-order valence-corrected chi connectivity index (χ1v) is 14.8. The van der Waals surface area contributed by atoms with Crippen LogP contribution in [0.2, 0.25) is 0 Å². The third-order valence-electron chi connectivity index (χ3n) is 7.90. The quantitative estimate of drug-likeness (QED) is 0.157. The summed E-state index contributed by atoms with van der Waals surface area (Å²) in [4.78, 5) is 0. The molecular formula is C38H37NO2. The number of fused-ring (bicyclic) bond motifs is 3. The standard InChI is InChI=1S/C38H37NO2/c40-25-11-3-1-2-4-12-26-41-34-21-19-33(20-22-34)39-37-27-31(29-13-7-5-8-14-29)17-23-35(37)36-24-18-32(28-38(36)39)30-15-9-6-10-16-30/h5-10,13-24,27-28,40H,1-4,11-12,25-26H2. The average molecular weight is 540 g/mol. The van der Waals surface area contributed by atoms with Gasteiger partial charge in [-0.25, -0.2) is 0 Å². The molecule has 41 heavy (non-hydrogen) atoms. The summed E-state index contributed by atoms with van der Waals surface area (Å²) < 4.78 is 8.47. The minimum absolute atomic E-state index is 0.302. The van der Waals surface area contributed by atoms with Crippen LogP contribution in [0.5, 0.6) is 5.75 Å². The summed E-state index contributed by atoms with van der Waals surface area (Å²) >= 11 is 0. The highest BCUT2D eigenvalue weighted by molar-refractivity contribution is 6.11. The third kappa shape index (κ3) is 6.06. The van der Waals surface area contributed by atoms with Crippen molar-refractivity contribution in [2.45, 2.75) is 38.5 Å². The highest BCUT2D eigenvalue weighted by atomic mass is 16.5. The molecule has 1 aromatic heterocycles. The van der Waals surface area contributed by atoms with E-state index in [9.17, 15) is 0 Å². The van der Waals surface area contributed by atoms with E-state index in [2.05, 4.69) is 126 Å². The molecule has 3 heteroatoms. The van der Waals surface area contributed by atoms with Crippen molar-refractivity contribution in [2.75, 3.05) is 13.2 Å². The Morgan fingerprint density at radius 1 is 0.488 bits per heavy atom. The second kappa shape index (κ2) is 12.9. The van der Waals surface area contributed by atoms with E-state index in [1.807, 2.05) is 0 Å². The van der Waals surface area contributed by atoms with Gasteiger partial charge in [0.25, 0.3) is 0 Å². The van der Waals surface area contributed by atoms with Crippen molar-refractivity contribution < 1.29 is 9.84 Å². The van der Waals surface area contributed by atoms with Gasteiger partial charge in [0.05, 0.1) is 17.6 Å². The molecule has 1 heterocycles. The number of hydrogen-bond acceptors (Lipinski definition) is 2. The molecule has 0 atom stereocenters. The molecule has 0 unspecified atom stereocenters. The molecule has 5 aromatic carbocycles. The lowest BCUT2D eigenvalue weighted by atomic mass is 10.0. The van der Waals surface area contributed by atoms with Crippen LogP contribution < -0.4 is 4.74 Å². The van der Waals surface area contributed by atoms with Crippen LogP contribution in [0, 0.1) is 0 Å². The van der Waals surface area contributed by atoms with Crippen molar-refractivity contribution in [2.24, 2.45) is 0 Å². The molecule has 6 aromatic rings. The predicted octanol–water partition coefficient (Wildman–Crippen LogP) is 9.83. The SMILES string of the molecule is OCCCCCCCCOc1ccc(-n2c3cc(-c4ccccc4)ccc3c3ccc(-c4ccccc4)cc32)cc1. The van der Waals surface area contributed by atoms with Crippen LogP contribution in [0.15, 0.2) is 121 Å². The molecule has 206 valence electrons. The molecule has 0 fully saturated rings. The highest BCUT2D eigenvalue weighted by Crippen LogP contribution is 2.37. The van der Waals surface area contributed by atoms with Gasteiger partial charge in [-0.3, -0.25) is 0 Å². The van der Waals surface area contributed by atoms with Gasteiger partial charge in [0, 0.05) is 23.1 Å². The summed E-state index contributed by atoms with van der Waals surface area (Å²) in [5.74, 6) is 0.907. The van der Waals surface area contributed by atoms with E-state index in [0.717, 1.165) is 37.3 Å². The maximum absolute atomic E-state index is 8.91. The zero-order valence-corrected chi connectivity index (χ0v) is 23.5. The van der Waals surface area contributed by atoms with E-state index >= 15 is 0 Å². The number of aliphatic hydroxyl groups is 1. The zero-order valence-electron chi connectivity index (χ0n) is 23.5. The largest absolute Gasteiger partial charge is 0.494 e. The average Bonchev–Trinajstić information content (AvgIpc) is 3.36. The van der Waals surface area contributed by atoms with E-state index < -0.39 is 0 Å². The first-order chi connectivity index (χ1) is 20.3. The van der Waals surface area contributed by atoms with Gasteiger partial charge in [-0.1, -0.05) is 111 Å². The molecule has 0 saturated heterocycles. The molecule has 0 saturated carbocycles. The Bertz CT molecular complexity index is 1610. The Labute approximate surface area is 242 Å². The monoisotopic (exact) mass is 539 g/mol. The summed E-state index contributed by atoms with van der Waals surface area (Å²) in [6, 6.07) is 43.3. The molecule has 0 bridgehead atoms. The Balaban J connectivity index is 1.33. The molecular weight excluding hydrogens is 502 g/mol. The van der Waals surface area contributed by atoms with Crippen LogP contribution in [-0.4, -0.2) is 22.9 Å². The molecule has 0 aliphatic heterocycles. The van der Waals surface area contributed by atoms with E-state index in [1.165, 1.54) is 63.3 Å². The Hall–Kier alpha value is -4.34. The number of unbranched alkanes of at least 4 members (excludes halogenated alkanes) is 5. The van der Waals surface area contributed by atoms with Gasteiger partial charge in [-0.15, -0.1) is 0 Å². The summed E-state index contributed by atoms with van der Waals surface area (Å²) in [6.45, 7) is 1.03. The van der Waals surface area contributed by atoms with E-state index in [0.29, 0.717) is 6.61 Å². The summed E-state index contributed by atoms with van der Waals surface area (Å²) in [5, 5.41) is 11.4. The Morgan fingerprint density at radius 3 is 1.54 bits per heavy atom. The fraction of sp³-hybridized carbons (Fsp3) is 0.211. The fourth-order valence-corrected chi connectivity index (χ4v) is 5.72. The number of nitrogens with zero attached hydrogens (tertiary/aromatic N) is 1. The lowest BCUT2D eigenvalue weighted by molar-refractivity contribution is 0.280. The second-order valence-electron chi connectivity index (χ2n) is 10.7. The molecule has 3 nitrogen and oxygen atoms in total. The maximum Gasteiger partial charge on any atom is 0.119 e. The van der Waals surface area contributed by atoms with Gasteiger partial charge in [-0.05, 0) is 71.5 Å². The topological polar surface area (TPSA) is 34.4 Å². The molecule has 0 aliphatic rings. The van der Waals surface area contributed by atoms with Crippen molar-refractivity contribution >= 4 is 21.8 Å². The molecule has 6 rings (SSSR count).